The number of ether oxygens (including phenoxy) is 1. The number of hydrogen-bond acceptors (Lipinski definition) is 4. The van der Waals surface area contributed by atoms with Gasteiger partial charge in [-0.3, -0.25) is 0 Å². The van der Waals surface area contributed by atoms with Gasteiger partial charge in [0, 0.05) is 17.2 Å². The summed E-state index contributed by atoms with van der Waals surface area (Å²) in [5.41, 5.74) is 1.63. The third kappa shape index (κ3) is 4.65. The largest absolute Gasteiger partial charge is 0.491 e. The van der Waals surface area contributed by atoms with Gasteiger partial charge in [-0.2, -0.15) is 0 Å². The second kappa shape index (κ2) is 7.29. The van der Waals surface area contributed by atoms with E-state index in [9.17, 15) is 8.42 Å². The van der Waals surface area contributed by atoms with E-state index >= 15 is 0 Å². The van der Waals surface area contributed by atoms with Gasteiger partial charge in [-0.25, -0.2) is 8.42 Å². The van der Waals surface area contributed by atoms with Crippen LogP contribution in [-0.2, 0) is 9.05 Å². The second-order valence-corrected chi connectivity index (χ2v) is 7.26. The SMILES string of the molecule is CCN(CC)CCOc1c(C)cc(C)cc1S(=O)(=O)Cl. The molecular weight excluding hydrogens is 298 g/mol. The molecule has 114 valence electrons. The van der Waals surface area contributed by atoms with Crippen molar-refractivity contribution in [2.75, 3.05) is 26.2 Å². The maximum Gasteiger partial charge on any atom is 0.265 e. The van der Waals surface area contributed by atoms with E-state index in [0.29, 0.717) is 12.4 Å². The zero-order chi connectivity index (χ0) is 15.3. The van der Waals surface area contributed by atoms with Crippen LogP contribution in [0.2, 0.25) is 0 Å². The fourth-order valence-electron chi connectivity index (χ4n) is 2.10. The average molecular weight is 320 g/mol. The Labute approximate surface area is 126 Å². The molecule has 0 atom stereocenters. The van der Waals surface area contributed by atoms with E-state index in [1.807, 2.05) is 19.9 Å². The van der Waals surface area contributed by atoms with Crippen LogP contribution < -0.4 is 4.74 Å². The lowest BCUT2D eigenvalue weighted by Crippen LogP contribution is -2.28. The van der Waals surface area contributed by atoms with Gasteiger partial charge < -0.3 is 9.64 Å². The van der Waals surface area contributed by atoms with E-state index < -0.39 is 9.05 Å². The van der Waals surface area contributed by atoms with Crippen LogP contribution in [0.25, 0.3) is 0 Å². The summed E-state index contributed by atoms with van der Waals surface area (Å²) in [6.45, 7) is 10.9. The van der Waals surface area contributed by atoms with Gasteiger partial charge in [0.2, 0.25) is 0 Å². The first kappa shape index (κ1) is 17.3. The predicted octanol–water partition coefficient (Wildman–Crippen LogP) is 2.95. The Hall–Kier alpha value is -0.780. The number of rotatable bonds is 7. The molecule has 0 N–H and O–H groups in total. The van der Waals surface area contributed by atoms with Crippen molar-refractivity contribution in [1.82, 2.24) is 4.90 Å². The molecule has 0 unspecified atom stereocenters. The summed E-state index contributed by atoms with van der Waals surface area (Å²) < 4.78 is 29.0. The van der Waals surface area contributed by atoms with Gasteiger partial charge in [-0.05, 0) is 44.1 Å². The van der Waals surface area contributed by atoms with Gasteiger partial charge in [0.1, 0.15) is 17.3 Å². The number of likely N-dealkylation sites (N-methyl/N-ethyl adjacent to an activating group) is 1. The summed E-state index contributed by atoms with van der Waals surface area (Å²) in [7, 11) is 1.68. The Bertz CT molecular complexity index is 554. The van der Waals surface area contributed by atoms with E-state index in [2.05, 4.69) is 18.7 Å². The van der Waals surface area contributed by atoms with Gasteiger partial charge in [-0.1, -0.05) is 19.9 Å². The van der Waals surface area contributed by atoms with Crippen LogP contribution in [0.4, 0.5) is 0 Å². The topological polar surface area (TPSA) is 46.6 Å². The Kier molecular flexibility index (Phi) is 6.30. The molecule has 0 radical (unpaired) electrons. The smallest absolute Gasteiger partial charge is 0.265 e. The van der Waals surface area contributed by atoms with Gasteiger partial charge in [0.05, 0.1) is 0 Å². The van der Waals surface area contributed by atoms with E-state index in [1.54, 1.807) is 6.07 Å². The molecule has 0 amide bonds. The standard InChI is InChI=1S/C14H22ClNO3S/c1-5-16(6-2)7-8-19-14-12(4)9-11(3)10-13(14)20(15,17)18/h9-10H,5-8H2,1-4H3. The molecule has 0 spiro atoms. The monoisotopic (exact) mass is 319 g/mol. The normalized spacial score (nSPS) is 11.9. The lowest BCUT2D eigenvalue weighted by molar-refractivity contribution is 0.219. The van der Waals surface area contributed by atoms with Crippen molar-refractivity contribution in [2.45, 2.75) is 32.6 Å². The fraction of sp³-hybridized carbons (Fsp3) is 0.571. The summed E-state index contributed by atoms with van der Waals surface area (Å²) >= 11 is 0. The lowest BCUT2D eigenvalue weighted by Gasteiger charge is -2.19. The van der Waals surface area contributed by atoms with Gasteiger partial charge in [0.25, 0.3) is 9.05 Å². The number of halogens is 1. The lowest BCUT2D eigenvalue weighted by atomic mass is 10.1. The molecular formula is C14H22ClNO3S. The Balaban J connectivity index is 2.95. The fourth-order valence-corrected chi connectivity index (χ4v) is 3.21. The minimum absolute atomic E-state index is 0.0520. The molecule has 4 nitrogen and oxygen atoms in total. The van der Waals surface area contributed by atoms with Crippen LogP contribution in [0.3, 0.4) is 0 Å². The molecule has 0 heterocycles. The third-order valence-corrected chi connectivity index (χ3v) is 4.52. The van der Waals surface area contributed by atoms with Crippen molar-refractivity contribution in [2.24, 2.45) is 0 Å². The molecule has 0 saturated heterocycles. The molecule has 0 aliphatic rings. The number of hydrogen-bond donors (Lipinski definition) is 0. The quantitative estimate of drug-likeness (QED) is 0.725. The first-order valence-corrected chi connectivity index (χ1v) is 9.01. The average Bonchev–Trinajstić information content (AvgIpc) is 2.35. The van der Waals surface area contributed by atoms with E-state index in [1.165, 1.54) is 0 Å². The summed E-state index contributed by atoms with van der Waals surface area (Å²) in [6.07, 6.45) is 0. The predicted molar refractivity (Wildman–Crippen MR) is 82.2 cm³/mol. The summed E-state index contributed by atoms with van der Waals surface area (Å²) in [5.74, 6) is 0.359. The highest BCUT2D eigenvalue weighted by atomic mass is 35.7. The zero-order valence-electron chi connectivity index (χ0n) is 12.4. The molecule has 0 bridgehead atoms. The molecule has 1 rings (SSSR count). The van der Waals surface area contributed by atoms with Crippen molar-refractivity contribution in [3.05, 3.63) is 23.3 Å². The number of nitrogens with zero attached hydrogens (tertiary/aromatic N) is 1. The molecule has 6 heteroatoms. The number of benzene rings is 1. The van der Waals surface area contributed by atoms with Crippen molar-refractivity contribution < 1.29 is 13.2 Å². The Morgan fingerprint density at radius 3 is 2.30 bits per heavy atom. The molecule has 0 aromatic heterocycles. The highest BCUT2D eigenvalue weighted by Gasteiger charge is 2.19. The van der Waals surface area contributed by atoms with Crippen LogP contribution in [0.1, 0.15) is 25.0 Å². The Morgan fingerprint density at radius 2 is 1.80 bits per heavy atom. The highest BCUT2D eigenvalue weighted by Crippen LogP contribution is 2.31. The van der Waals surface area contributed by atoms with E-state index in [4.69, 9.17) is 15.4 Å². The van der Waals surface area contributed by atoms with E-state index in [-0.39, 0.29) is 4.90 Å². The van der Waals surface area contributed by atoms with E-state index in [0.717, 1.165) is 30.8 Å². The van der Waals surface area contributed by atoms with Crippen molar-refractivity contribution >= 4 is 19.7 Å². The maximum atomic E-state index is 11.6. The molecule has 20 heavy (non-hydrogen) atoms. The minimum atomic E-state index is -3.81. The van der Waals surface area contributed by atoms with Crippen LogP contribution in [-0.4, -0.2) is 39.6 Å². The second-order valence-electron chi connectivity index (χ2n) is 4.72. The highest BCUT2D eigenvalue weighted by molar-refractivity contribution is 8.13. The summed E-state index contributed by atoms with van der Waals surface area (Å²) in [5, 5.41) is 0. The molecule has 0 saturated carbocycles. The van der Waals surface area contributed by atoms with Gasteiger partial charge in [-0.15, -0.1) is 0 Å². The van der Waals surface area contributed by atoms with Gasteiger partial charge >= 0.3 is 0 Å². The summed E-state index contributed by atoms with van der Waals surface area (Å²) in [6, 6.07) is 3.43. The van der Waals surface area contributed by atoms with Gasteiger partial charge in [0.15, 0.2) is 0 Å². The zero-order valence-corrected chi connectivity index (χ0v) is 14.0. The van der Waals surface area contributed by atoms with Crippen LogP contribution in [0, 0.1) is 13.8 Å². The molecule has 0 aliphatic carbocycles. The van der Waals surface area contributed by atoms with Crippen molar-refractivity contribution in [1.29, 1.82) is 0 Å². The third-order valence-electron chi connectivity index (χ3n) is 3.20. The maximum absolute atomic E-state index is 11.6. The molecule has 0 aliphatic heterocycles. The first-order valence-electron chi connectivity index (χ1n) is 6.70. The Morgan fingerprint density at radius 1 is 1.20 bits per heavy atom. The first-order chi connectivity index (χ1) is 9.29. The van der Waals surface area contributed by atoms with Crippen molar-refractivity contribution in [3.63, 3.8) is 0 Å². The number of aryl methyl sites for hydroxylation is 2. The molecule has 1 aromatic carbocycles. The molecule has 0 fully saturated rings. The minimum Gasteiger partial charge on any atom is -0.491 e. The van der Waals surface area contributed by atoms with Crippen molar-refractivity contribution in [3.8, 4) is 5.75 Å². The van der Waals surface area contributed by atoms with Crippen LogP contribution in [0.5, 0.6) is 5.75 Å². The summed E-state index contributed by atoms with van der Waals surface area (Å²) in [4.78, 5) is 2.26. The molecule has 1 aromatic rings. The van der Waals surface area contributed by atoms with Crippen LogP contribution in [0.15, 0.2) is 17.0 Å². The van der Waals surface area contributed by atoms with Crippen LogP contribution >= 0.6 is 10.7 Å².